The maximum atomic E-state index is 11.7. The molecule has 0 heterocycles. The van der Waals surface area contributed by atoms with Gasteiger partial charge < -0.3 is 11.1 Å². The van der Waals surface area contributed by atoms with Crippen LogP contribution < -0.4 is 11.1 Å². The summed E-state index contributed by atoms with van der Waals surface area (Å²) in [6, 6.07) is -0.724. The third-order valence-electron chi connectivity index (χ3n) is 4.16. The van der Waals surface area contributed by atoms with Crippen molar-refractivity contribution < 1.29 is 14.4 Å². The monoisotopic (exact) mass is 339 g/mol. The highest BCUT2D eigenvalue weighted by Crippen LogP contribution is 2.11. The quantitative estimate of drug-likeness (QED) is 0.397. The van der Waals surface area contributed by atoms with E-state index in [1.807, 2.05) is 0 Å². The van der Waals surface area contributed by atoms with Crippen molar-refractivity contribution in [2.24, 2.45) is 5.73 Å². The number of amides is 2. The lowest BCUT2D eigenvalue weighted by atomic mass is 10.1. The predicted molar refractivity (Wildman–Crippen MR) is 97.1 cm³/mol. The molecule has 0 aromatic rings. The van der Waals surface area contributed by atoms with Crippen LogP contribution in [-0.2, 0) is 14.4 Å². The van der Waals surface area contributed by atoms with E-state index in [2.05, 4.69) is 12.2 Å². The number of nitrogens with two attached hydrogens (primary N) is 1. The fourth-order valence-corrected chi connectivity index (χ4v) is 2.66. The molecule has 1 radical (unpaired) electrons. The van der Waals surface area contributed by atoms with Crippen molar-refractivity contribution in [3.63, 3.8) is 0 Å². The highest BCUT2D eigenvalue weighted by atomic mass is 16.2. The standard InChI is InChI=1S/C19H35N2O3/c1-2-3-4-5-6-7-8-9-10-11-12-13-19(24)21-17(16-22)14-15-18(20)23/h17H,2-15H2,1H3,(H2,20,23)(H,21,24)/t17-/m1/s1. The Balaban J connectivity index is 3.45. The fraction of sp³-hybridized carbons (Fsp3) is 0.842. The SMILES string of the molecule is CCCCCCCCCCCCCC(=O)N[C@@H]([C]=O)CCC(N)=O. The second-order valence-electron chi connectivity index (χ2n) is 6.53. The van der Waals surface area contributed by atoms with Gasteiger partial charge in [-0.25, -0.2) is 0 Å². The molecule has 5 heteroatoms. The molecule has 1 atom stereocenters. The third kappa shape index (κ3) is 15.5. The number of carbonyl (C=O) groups is 2. The largest absolute Gasteiger partial charge is 0.370 e. The number of nitrogens with one attached hydrogen (secondary N) is 1. The summed E-state index contributed by atoms with van der Waals surface area (Å²) in [6.45, 7) is 2.23. The van der Waals surface area contributed by atoms with Gasteiger partial charge in [0.25, 0.3) is 0 Å². The zero-order chi connectivity index (χ0) is 18.0. The van der Waals surface area contributed by atoms with Crippen LogP contribution in [0, 0.1) is 0 Å². The number of unbranched alkanes of at least 4 members (excludes halogenated alkanes) is 10. The van der Waals surface area contributed by atoms with Gasteiger partial charge >= 0.3 is 0 Å². The molecule has 0 unspecified atom stereocenters. The van der Waals surface area contributed by atoms with Gasteiger partial charge in [-0.3, -0.25) is 14.4 Å². The van der Waals surface area contributed by atoms with E-state index in [9.17, 15) is 14.4 Å². The van der Waals surface area contributed by atoms with Crippen molar-refractivity contribution in [3.05, 3.63) is 0 Å². The number of carbonyl (C=O) groups excluding carboxylic acids is 3. The minimum Gasteiger partial charge on any atom is -0.370 e. The normalized spacial score (nSPS) is 11.9. The molecule has 0 fully saturated rings. The van der Waals surface area contributed by atoms with E-state index >= 15 is 0 Å². The van der Waals surface area contributed by atoms with Gasteiger partial charge in [0, 0.05) is 12.8 Å². The number of hydrogen-bond acceptors (Lipinski definition) is 3. The molecule has 0 bridgehead atoms. The van der Waals surface area contributed by atoms with E-state index in [4.69, 9.17) is 5.73 Å². The lowest BCUT2D eigenvalue weighted by molar-refractivity contribution is -0.122. The van der Waals surface area contributed by atoms with Crippen molar-refractivity contribution >= 4 is 18.1 Å². The first-order valence-corrected chi connectivity index (χ1v) is 9.55. The molecule has 3 N–H and O–H groups in total. The van der Waals surface area contributed by atoms with Gasteiger partial charge in [0.1, 0.15) is 0 Å². The van der Waals surface area contributed by atoms with Crippen molar-refractivity contribution in [3.8, 4) is 0 Å². The van der Waals surface area contributed by atoms with Crippen LogP contribution in [0.2, 0.25) is 0 Å². The summed E-state index contributed by atoms with van der Waals surface area (Å²) in [5, 5.41) is 2.59. The van der Waals surface area contributed by atoms with Crippen LogP contribution in [0.5, 0.6) is 0 Å². The number of hydrogen-bond donors (Lipinski definition) is 2. The summed E-state index contributed by atoms with van der Waals surface area (Å²) in [7, 11) is 0. The Morgan fingerprint density at radius 2 is 1.38 bits per heavy atom. The molecule has 5 nitrogen and oxygen atoms in total. The van der Waals surface area contributed by atoms with Crippen LogP contribution in [0.25, 0.3) is 0 Å². The van der Waals surface area contributed by atoms with Gasteiger partial charge in [-0.15, -0.1) is 0 Å². The van der Waals surface area contributed by atoms with Crippen LogP contribution >= 0.6 is 0 Å². The van der Waals surface area contributed by atoms with E-state index in [0.29, 0.717) is 6.42 Å². The van der Waals surface area contributed by atoms with E-state index in [0.717, 1.165) is 19.3 Å². The Kier molecular flexibility index (Phi) is 15.5. The lowest BCUT2D eigenvalue weighted by Gasteiger charge is -2.11. The molecule has 24 heavy (non-hydrogen) atoms. The molecule has 139 valence electrons. The second kappa shape index (κ2) is 16.5. The molecule has 2 amide bonds. The second-order valence-corrected chi connectivity index (χ2v) is 6.53. The average Bonchev–Trinajstić information content (AvgIpc) is 2.56. The first-order chi connectivity index (χ1) is 11.6. The highest BCUT2D eigenvalue weighted by molar-refractivity contribution is 5.80. The first-order valence-electron chi connectivity index (χ1n) is 9.55. The third-order valence-corrected chi connectivity index (χ3v) is 4.16. The van der Waals surface area contributed by atoms with Crippen LogP contribution in [0.1, 0.15) is 96.8 Å². The molecule has 0 aliphatic carbocycles. The minimum absolute atomic E-state index is 0.0820. The summed E-state index contributed by atoms with van der Waals surface area (Å²) in [5.41, 5.74) is 5.02. The smallest absolute Gasteiger partial charge is 0.222 e. The first kappa shape index (κ1) is 22.6. The van der Waals surface area contributed by atoms with Gasteiger partial charge in [0.15, 0.2) is 0 Å². The van der Waals surface area contributed by atoms with Crippen LogP contribution in [0.3, 0.4) is 0 Å². The Morgan fingerprint density at radius 1 is 0.875 bits per heavy atom. The molecule has 0 aliphatic rings. The lowest BCUT2D eigenvalue weighted by Crippen LogP contribution is -2.36. The van der Waals surface area contributed by atoms with E-state index < -0.39 is 11.9 Å². The van der Waals surface area contributed by atoms with Crippen molar-refractivity contribution in [1.82, 2.24) is 5.32 Å². The Morgan fingerprint density at radius 3 is 1.83 bits per heavy atom. The average molecular weight is 340 g/mol. The summed E-state index contributed by atoms with van der Waals surface area (Å²) >= 11 is 0. The van der Waals surface area contributed by atoms with Gasteiger partial charge in [-0.2, -0.15) is 0 Å². The topological polar surface area (TPSA) is 89.3 Å². The van der Waals surface area contributed by atoms with E-state index in [-0.39, 0.29) is 18.7 Å². The Bertz CT molecular complexity index is 346. The fourth-order valence-electron chi connectivity index (χ4n) is 2.66. The summed E-state index contributed by atoms with van der Waals surface area (Å²) in [5.74, 6) is -0.626. The number of primary amides is 1. The van der Waals surface area contributed by atoms with Gasteiger partial charge in [0.05, 0.1) is 6.04 Å². The predicted octanol–water partition coefficient (Wildman–Crippen LogP) is 3.55. The van der Waals surface area contributed by atoms with Crippen LogP contribution in [-0.4, -0.2) is 24.1 Å². The van der Waals surface area contributed by atoms with Crippen molar-refractivity contribution in [2.75, 3.05) is 0 Å². The van der Waals surface area contributed by atoms with Crippen LogP contribution in [0.15, 0.2) is 0 Å². The molecule has 0 aliphatic heterocycles. The summed E-state index contributed by atoms with van der Waals surface area (Å²) in [6.07, 6.45) is 16.1. The molecule has 0 spiro atoms. The minimum atomic E-state index is -0.724. The summed E-state index contributed by atoms with van der Waals surface area (Å²) in [4.78, 5) is 33.1. The van der Waals surface area contributed by atoms with E-state index in [1.54, 1.807) is 6.29 Å². The van der Waals surface area contributed by atoms with Gasteiger partial charge in [0.2, 0.25) is 18.1 Å². The molecule has 0 rings (SSSR count). The van der Waals surface area contributed by atoms with Gasteiger partial charge in [-0.05, 0) is 12.8 Å². The maximum absolute atomic E-state index is 11.7. The zero-order valence-corrected chi connectivity index (χ0v) is 15.3. The van der Waals surface area contributed by atoms with Crippen molar-refractivity contribution in [2.45, 2.75) is 103 Å². The van der Waals surface area contributed by atoms with Gasteiger partial charge in [-0.1, -0.05) is 71.1 Å². The molecule has 0 saturated heterocycles. The van der Waals surface area contributed by atoms with E-state index in [1.165, 1.54) is 51.4 Å². The molecular weight excluding hydrogens is 304 g/mol. The highest BCUT2D eigenvalue weighted by Gasteiger charge is 2.12. The zero-order valence-electron chi connectivity index (χ0n) is 15.3. The maximum Gasteiger partial charge on any atom is 0.222 e. The molecule has 0 aromatic carbocycles. The Hall–Kier alpha value is -1.39. The molecular formula is C19H35N2O3. The van der Waals surface area contributed by atoms with Crippen LogP contribution in [0.4, 0.5) is 0 Å². The molecule has 0 aromatic heterocycles. The summed E-state index contributed by atoms with van der Waals surface area (Å²) < 4.78 is 0. The molecule has 0 saturated carbocycles. The number of rotatable bonds is 17. The Labute approximate surface area is 147 Å². The van der Waals surface area contributed by atoms with Crippen molar-refractivity contribution in [1.29, 1.82) is 0 Å².